The molecular formula is C19H30N4OS2. The van der Waals surface area contributed by atoms with Crippen LogP contribution in [0, 0.1) is 5.92 Å². The molecule has 7 heteroatoms. The first-order valence-corrected chi connectivity index (χ1v) is 12.1. The molecule has 3 fully saturated rings. The van der Waals surface area contributed by atoms with Crippen LogP contribution in [0.15, 0.2) is 4.34 Å². The molecule has 1 aromatic rings. The van der Waals surface area contributed by atoms with E-state index < -0.39 is 0 Å². The van der Waals surface area contributed by atoms with E-state index in [9.17, 15) is 4.79 Å². The van der Waals surface area contributed by atoms with E-state index in [1.165, 1.54) is 70.6 Å². The fourth-order valence-corrected chi connectivity index (χ4v) is 6.60. The van der Waals surface area contributed by atoms with Crippen LogP contribution in [0.1, 0.15) is 70.6 Å². The van der Waals surface area contributed by atoms with Crippen LogP contribution in [-0.2, 0) is 4.79 Å². The molecule has 0 radical (unpaired) electrons. The number of anilines is 1. The Morgan fingerprint density at radius 2 is 1.81 bits per heavy atom. The molecule has 1 aliphatic heterocycles. The zero-order chi connectivity index (χ0) is 17.8. The molecule has 2 aliphatic carbocycles. The van der Waals surface area contributed by atoms with Crippen molar-refractivity contribution in [1.82, 2.24) is 15.1 Å². The molecule has 0 aromatic carbocycles. The highest BCUT2D eigenvalue weighted by Crippen LogP contribution is 2.36. The fourth-order valence-electron chi connectivity index (χ4n) is 4.89. The predicted molar refractivity (Wildman–Crippen MR) is 108 cm³/mol. The van der Waals surface area contributed by atoms with Gasteiger partial charge in [0.25, 0.3) is 0 Å². The number of nitrogens with zero attached hydrogens (tertiary/aromatic N) is 3. The molecule has 1 aromatic heterocycles. The molecule has 1 saturated heterocycles. The van der Waals surface area contributed by atoms with Crippen molar-refractivity contribution in [3.05, 3.63) is 0 Å². The number of aromatic nitrogens is 2. The Bertz CT molecular complexity index is 600. The number of piperidine rings is 1. The number of hydrogen-bond donors (Lipinski definition) is 1. The molecular weight excluding hydrogens is 364 g/mol. The average molecular weight is 395 g/mol. The molecule has 0 unspecified atom stereocenters. The molecule has 5 nitrogen and oxygen atoms in total. The quantitative estimate of drug-likeness (QED) is 0.742. The van der Waals surface area contributed by atoms with Gasteiger partial charge in [-0.05, 0) is 44.4 Å². The first-order valence-electron chi connectivity index (χ1n) is 10.3. The minimum atomic E-state index is 0.295. The van der Waals surface area contributed by atoms with Crippen molar-refractivity contribution < 1.29 is 4.79 Å². The molecule has 144 valence electrons. The number of amides is 1. The first kappa shape index (κ1) is 18.5. The molecule has 1 amide bonds. The van der Waals surface area contributed by atoms with Crippen molar-refractivity contribution in [2.24, 2.45) is 5.92 Å². The number of carbonyl (C=O) groups excluding carboxylic acids is 1. The van der Waals surface area contributed by atoms with Gasteiger partial charge >= 0.3 is 0 Å². The standard InChI is InChI=1S/C19H30N4OS2/c24-17(23-12-6-8-14-7-4-5-11-16(14)23)13-25-19-22-21-18(26-19)20-15-9-2-1-3-10-15/h14-16H,1-13H2,(H,20,21)/t14-,16+/m0/s1. The monoisotopic (exact) mass is 394 g/mol. The van der Waals surface area contributed by atoms with E-state index in [4.69, 9.17) is 0 Å². The SMILES string of the molecule is O=C(CSc1nnc(NC2CCCCC2)s1)N1CCC[C@@H]2CCCC[C@H]21. The van der Waals surface area contributed by atoms with Crippen LogP contribution in [-0.4, -0.2) is 45.4 Å². The maximum Gasteiger partial charge on any atom is 0.233 e. The molecule has 3 aliphatic rings. The highest BCUT2D eigenvalue weighted by molar-refractivity contribution is 8.01. The van der Waals surface area contributed by atoms with Crippen LogP contribution in [0.25, 0.3) is 0 Å². The minimum Gasteiger partial charge on any atom is -0.357 e. The van der Waals surface area contributed by atoms with Crippen molar-refractivity contribution in [3.63, 3.8) is 0 Å². The summed E-state index contributed by atoms with van der Waals surface area (Å²) in [5.74, 6) is 1.55. The van der Waals surface area contributed by atoms with Gasteiger partial charge < -0.3 is 10.2 Å². The van der Waals surface area contributed by atoms with Gasteiger partial charge in [-0.25, -0.2) is 0 Å². The lowest BCUT2D eigenvalue weighted by atomic mass is 9.78. The Labute approximate surface area is 164 Å². The second kappa shape index (κ2) is 8.91. The normalized spacial score (nSPS) is 27.2. The summed E-state index contributed by atoms with van der Waals surface area (Å²) < 4.78 is 0.911. The van der Waals surface area contributed by atoms with Gasteiger partial charge in [-0.1, -0.05) is 55.2 Å². The Balaban J connectivity index is 1.27. The van der Waals surface area contributed by atoms with Gasteiger partial charge in [-0.3, -0.25) is 4.79 Å². The number of fused-ring (bicyclic) bond motifs is 1. The fraction of sp³-hybridized carbons (Fsp3) is 0.842. The van der Waals surface area contributed by atoms with Gasteiger partial charge in [-0.2, -0.15) is 0 Å². The summed E-state index contributed by atoms with van der Waals surface area (Å²) in [6.45, 7) is 0.950. The third kappa shape index (κ3) is 4.53. The van der Waals surface area contributed by atoms with Crippen molar-refractivity contribution in [2.75, 3.05) is 17.6 Å². The lowest BCUT2D eigenvalue weighted by Crippen LogP contribution is -2.50. The van der Waals surface area contributed by atoms with E-state index in [-0.39, 0.29) is 0 Å². The summed E-state index contributed by atoms with van der Waals surface area (Å²) >= 11 is 3.15. The van der Waals surface area contributed by atoms with Gasteiger partial charge in [-0.15, -0.1) is 10.2 Å². The number of thioether (sulfide) groups is 1. The van der Waals surface area contributed by atoms with Gasteiger partial charge in [0.05, 0.1) is 5.75 Å². The van der Waals surface area contributed by atoms with E-state index in [2.05, 4.69) is 20.4 Å². The van der Waals surface area contributed by atoms with Crippen LogP contribution in [0.3, 0.4) is 0 Å². The van der Waals surface area contributed by atoms with Gasteiger partial charge in [0.1, 0.15) is 0 Å². The van der Waals surface area contributed by atoms with E-state index in [1.54, 1.807) is 23.1 Å². The lowest BCUT2D eigenvalue weighted by Gasteiger charge is -2.44. The Morgan fingerprint density at radius 3 is 2.69 bits per heavy atom. The summed E-state index contributed by atoms with van der Waals surface area (Å²) in [4.78, 5) is 15.0. The van der Waals surface area contributed by atoms with Crippen LogP contribution in [0.4, 0.5) is 5.13 Å². The predicted octanol–water partition coefficient (Wildman–Crippen LogP) is 4.56. The summed E-state index contributed by atoms with van der Waals surface area (Å²) in [7, 11) is 0. The highest BCUT2D eigenvalue weighted by atomic mass is 32.2. The highest BCUT2D eigenvalue weighted by Gasteiger charge is 2.35. The van der Waals surface area contributed by atoms with Gasteiger partial charge in [0.2, 0.25) is 11.0 Å². The summed E-state index contributed by atoms with van der Waals surface area (Å²) in [6.07, 6.45) is 14.1. The van der Waals surface area contributed by atoms with Crippen molar-refractivity contribution in [2.45, 2.75) is 87.1 Å². The zero-order valence-electron chi connectivity index (χ0n) is 15.5. The summed E-state index contributed by atoms with van der Waals surface area (Å²) in [5, 5.41) is 13.0. The molecule has 0 bridgehead atoms. The molecule has 0 spiro atoms. The maximum absolute atomic E-state index is 12.8. The summed E-state index contributed by atoms with van der Waals surface area (Å²) in [6, 6.07) is 1.05. The third-order valence-electron chi connectivity index (χ3n) is 6.22. The number of likely N-dealkylation sites (tertiary alicyclic amines) is 1. The topological polar surface area (TPSA) is 58.1 Å². The molecule has 4 rings (SSSR count). The Morgan fingerprint density at radius 1 is 1.04 bits per heavy atom. The second-order valence-electron chi connectivity index (χ2n) is 7.98. The Kier molecular flexibility index (Phi) is 6.36. The van der Waals surface area contributed by atoms with E-state index in [1.807, 2.05) is 0 Å². The third-order valence-corrected chi connectivity index (χ3v) is 8.19. The van der Waals surface area contributed by atoms with Gasteiger partial charge in [0, 0.05) is 18.6 Å². The van der Waals surface area contributed by atoms with Crippen molar-refractivity contribution in [1.29, 1.82) is 0 Å². The van der Waals surface area contributed by atoms with Crippen molar-refractivity contribution >= 4 is 34.1 Å². The minimum absolute atomic E-state index is 0.295. The number of nitrogens with one attached hydrogen (secondary N) is 1. The Hall–Kier alpha value is -0.820. The molecule has 2 saturated carbocycles. The van der Waals surface area contributed by atoms with E-state index in [0.29, 0.717) is 23.7 Å². The molecule has 2 heterocycles. The average Bonchev–Trinajstić information content (AvgIpc) is 3.14. The molecule has 26 heavy (non-hydrogen) atoms. The second-order valence-corrected chi connectivity index (χ2v) is 10.2. The van der Waals surface area contributed by atoms with E-state index >= 15 is 0 Å². The van der Waals surface area contributed by atoms with Crippen LogP contribution < -0.4 is 5.32 Å². The number of rotatable bonds is 5. The number of carbonyl (C=O) groups is 1. The van der Waals surface area contributed by atoms with Crippen LogP contribution in [0.5, 0.6) is 0 Å². The van der Waals surface area contributed by atoms with Crippen LogP contribution in [0.2, 0.25) is 0 Å². The summed E-state index contributed by atoms with van der Waals surface area (Å²) in [5.41, 5.74) is 0. The largest absolute Gasteiger partial charge is 0.357 e. The zero-order valence-corrected chi connectivity index (χ0v) is 17.1. The van der Waals surface area contributed by atoms with Crippen LogP contribution >= 0.6 is 23.1 Å². The number of hydrogen-bond acceptors (Lipinski definition) is 6. The smallest absolute Gasteiger partial charge is 0.233 e. The maximum atomic E-state index is 12.8. The lowest BCUT2D eigenvalue weighted by molar-refractivity contribution is -0.134. The van der Waals surface area contributed by atoms with Gasteiger partial charge in [0.15, 0.2) is 4.34 Å². The molecule has 1 N–H and O–H groups in total. The first-order chi connectivity index (χ1) is 12.8. The molecule has 2 atom stereocenters. The van der Waals surface area contributed by atoms with Crippen molar-refractivity contribution in [3.8, 4) is 0 Å². The van der Waals surface area contributed by atoms with E-state index in [0.717, 1.165) is 21.9 Å².